The normalized spacial score (nSPS) is 15.8. The summed E-state index contributed by atoms with van der Waals surface area (Å²) in [6.45, 7) is 8.26. The van der Waals surface area contributed by atoms with Crippen molar-refractivity contribution in [3.8, 4) is 0 Å². The van der Waals surface area contributed by atoms with Crippen molar-refractivity contribution in [1.29, 1.82) is 0 Å². The number of anilines is 1. The molecule has 0 bridgehead atoms. The van der Waals surface area contributed by atoms with Gasteiger partial charge in [0.25, 0.3) is 0 Å². The van der Waals surface area contributed by atoms with Gasteiger partial charge in [-0.25, -0.2) is 4.98 Å². The molecule has 0 aliphatic heterocycles. The van der Waals surface area contributed by atoms with Crippen LogP contribution in [0.15, 0.2) is 0 Å². The van der Waals surface area contributed by atoms with Crippen LogP contribution in [0.25, 0.3) is 0 Å². The molecule has 0 atom stereocenters. The molecule has 0 spiro atoms. The van der Waals surface area contributed by atoms with Gasteiger partial charge in [-0.15, -0.1) is 11.3 Å². The second-order valence-corrected chi connectivity index (χ2v) is 5.73. The Kier molecular flexibility index (Phi) is 3.50. The highest BCUT2D eigenvalue weighted by Gasteiger charge is 2.30. The lowest BCUT2D eigenvalue weighted by atomic mass is 10.2. The maximum absolute atomic E-state index is 5.80. The van der Waals surface area contributed by atoms with Crippen LogP contribution in [0, 0.1) is 0 Å². The molecule has 1 aromatic rings. The fraction of sp³-hybridized carbons (Fsp3) is 0.750. The topological polar surface area (TPSA) is 42.2 Å². The van der Waals surface area contributed by atoms with Crippen molar-refractivity contribution in [2.75, 3.05) is 11.4 Å². The van der Waals surface area contributed by atoms with Gasteiger partial charge in [0, 0.05) is 29.9 Å². The summed E-state index contributed by atoms with van der Waals surface area (Å²) in [5.74, 6) is 0.703. The largest absolute Gasteiger partial charge is 0.346 e. The summed E-state index contributed by atoms with van der Waals surface area (Å²) in [5, 5.41) is 1.15. The summed E-state index contributed by atoms with van der Waals surface area (Å²) in [6, 6.07) is 0.508. The summed E-state index contributed by atoms with van der Waals surface area (Å²) >= 11 is 1.78. The molecule has 0 aromatic carbocycles. The molecular formula is C12H21N3S. The summed E-state index contributed by atoms with van der Waals surface area (Å²) in [6.07, 6.45) is 2.59. The van der Waals surface area contributed by atoms with Crippen LogP contribution in [0.4, 0.5) is 5.13 Å². The van der Waals surface area contributed by atoms with Gasteiger partial charge in [0.1, 0.15) is 0 Å². The first-order valence-electron chi connectivity index (χ1n) is 6.13. The zero-order valence-corrected chi connectivity index (χ0v) is 11.2. The molecule has 1 saturated carbocycles. The second kappa shape index (κ2) is 4.72. The van der Waals surface area contributed by atoms with E-state index in [4.69, 9.17) is 10.7 Å². The van der Waals surface area contributed by atoms with Crippen LogP contribution >= 0.6 is 11.3 Å². The minimum absolute atomic E-state index is 0.508. The Labute approximate surface area is 102 Å². The van der Waals surface area contributed by atoms with E-state index in [2.05, 4.69) is 25.7 Å². The van der Waals surface area contributed by atoms with E-state index in [1.54, 1.807) is 11.3 Å². The number of nitrogens with zero attached hydrogens (tertiary/aromatic N) is 2. The minimum Gasteiger partial charge on any atom is -0.346 e. The number of hydrogen-bond donors (Lipinski definition) is 1. The predicted octanol–water partition coefficient (Wildman–Crippen LogP) is 2.71. The van der Waals surface area contributed by atoms with Gasteiger partial charge in [0.15, 0.2) is 5.13 Å². The highest BCUT2D eigenvalue weighted by Crippen LogP contribution is 2.44. The standard InChI is InChI=1S/C12H21N3S/c1-4-15(8(2)3)12-14-11(9-5-6-9)10(7-13)16-12/h8-9H,4-7,13H2,1-3H3. The van der Waals surface area contributed by atoms with Crippen LogP contribution in [0.5, 0.6) is 0 Å². The van der Waals surface area contributed by atoms with E-state index < -0.39 is 0 Å². The van der Waals surface area contributed by atoms with Crippen LogP contribution in [0.1, 0.15) is 50.1 Å². The Hall–Kier alpha value is -0.610. The smallest absolute Gasteiger partial charge is 0.186 e. The lowest BCUT2D eigenvalue weighted by Gasteiger charge is -2.24. The van der Waals surface area contributed by atoms with Gasteiger partial charge < -0.3 is 10.6 Å². The van der Waals surface area contributed by atoms with Crippen molar-refractivity contribution in [1.82, 2.24) is 4.98 Å². The fourth-order valence-corrected chi connectivity index (χ4v) is 3.24. The monoisotopic (exact) mass is 239 g/mol. The van der Waals surface area contributed by atoms with Crippen molar-refractivity contribution >= 4 is 16.5 Å². The summed E-state index contributed by atoms with van der Waals surface area (Å²) in [4.78, 5) is 8.43. The van der Waals surface area contributed by atoms with Crippen molar-refractivity contribution < 1.29 is 0 Å². The van der Waals surface area contributed by atoms with Crippen molar-refractivity contribution in [3.63, 3.8) is 0 Å². The molecule has 3 nitrogen and oxygen atoms in total. The van der Waals surface area contributed by atoms with E-state index in [0.29, 0.717) is 18.5 Å². The maximum Gasteiger partial charge on any atom is 0.186 e. The molecule has 90 valence electrons. The number of rotatable bonds is 5. The highest BCUT2D eigenvalue weighted by molar-refractivity contribution is 7.15. The Morgan fingerprint density at radius 3 is 2.62 bits per heavy atom. The Morgan fingerprint density at radius 1 is 1.50 bits per heavy atom. The highest BCUT2D eigenvalue weighted by atomic mass is 32.1. The van der Waals surface area contributed by atoms with E-state index in [1.165, 1.54) is 23.4 Å². The van der Waals surface area contributed by atoms with E-state index >= 15 is 0 Å². The molecule has 1 aliphatic carbocycles. The van der Waals surface area contributed by atoms with Crippen LogP contribution in [0.3, 0.4) is 0 Å². The number of nitrogens with two attached hydrogens (primary N) is 1. The van der Waals surface area contributed by atoms with Crippen LogP contribution in [-0.2, 0) is 6.54 Å². The first-order chi connectivity index (χ1) is 7.67. The molecule has 2 N–H and O–H groups in total. The maximum atomic E-state index is 5.80. The molecule has 1 heterocycles. The second-order valence-electron chi connectivity index (χ2n) is 4.66. The van der Waals surface area contributed by atoms with Crippen LogP contribution < -0.4 is 10.6 Å². The number of thiazole rings is 1. The van der Waals surface area contributed by atoms with Gasteiger partial charge >= 0.3 is 0 Å². The summed E-state index contributed by atoms with van der Waals surface area (Å²) in [5.41, 5.74) is 7.08. The molecule has 1 fully saturated rings. The number of hydrogen-bond acceptors (Lipinski definition) is 4. The molecule has 16 heavy (non-hydrogen) atoms. The van der Waals surface area contributed by atoms with Gasteiger partial charge in [-0.05, 0) is 33.6 Å². The SMILES string of the molecule is CCN(c1nc(C2CC2)c(CN)s1)C(C)C. The van der Waals surface area contributed by atoms with E-state index in [1.807, 2.05) is 0 Å². The van der Waals surface area contributed by atoms with Crippen LogP contribution in [-0.4, -0.2) is 17.6 Å². The Bertz CT molecular complexity index is 355. The third-order valence-corrected chi connectivity index (χ3v) is 4.21. The Morgan fingerprint density at radius 2 is 2.19 bits per heavy atom. The molecule has 2 rings (SSSR count). The molecule has 1 aromatic heterocycles. The van der Waals surface area contributed by atoms with E-state index in [0.717, 1.165) is 11.7 Å². The predicted molar refractivity (Wildman–Crippen MR) is 70.1 cm³/mol. The zero-order valence-electron chi connectivity index (χ0n) is 10.4. The summed E-state index contributed by atoms with van der Waals surface area (Å²) in [7, 11) is 0. The molecular weight excluding hydrogens is 218 g/mol. The van der Waals surface area contributed by atoms with Gasteiger partial charge in [0.2, 0.25) is 0 Å². The van der Waals surface area contributed by atoms with Crippen molar-refractivity contribution in [2.24, 2.45) is 5.73 Å². The van der Waals surface area contributed by atoms with Crippen molar-refractivity contribution in [3.05, 3.63) is 10.6 Å². The van der Waals surface area contributed by atoms with E-state index in [-0.39, 0.29) is 0 Å². The van der Waals surface area contributed by atoms with Gasteiger partial charge in [0.05, 0.1) is 5.69 Å². The average molecular weight is 239 g/mol. The third-order valence-electron chi connectivity index (χ3n) is 3.08. The van der Waals surface area contributed by atoms with Gasteiger partial charge in [-0.3, -0.25) is 0 Å². The molecule has 4 heteroatoms. The zero-order chi connectivity index (χ0) is 11.7. The quantitative estimate of drug-likeness (QED) is 0.859. The average Bonchev–Trinajstić information content (AvgIpc) is 3.00. The first-order valence-corrected chi connectivity index (χ1v) is 6.95. The minimum atomic E-state index is 0.508. The lowest BCUT2D eigenvalue weighted by molar-refractivity contribution is 0.699. The molecule has 0 saturated heterocycles. The van der Waals surface area contributed by atoms with E-state index in [9.17, 15) is 0 Å². The van der Waals surface area contributed by atoms with Crippen LogP contribution in [0.2, 0.25) is 0 Å². The van der Waals surface area contributed by atoms with Gasteiger partial charge in [-0.1, -0.05) is 0 Å². The Balaban J connectivity index is 2.26. The lowest BCUT2D eigenvalue weighted by Crippen LogP contribution is -2.30. The summed E-state index contributed by atoms with van der Waals surface area (Å²) < 4.78 is 0. The molecule has 0 amide bonds. The van der Waals surface area contributed by atoms with Crippen molar-refractivity contribution in [2.45, 2.75) is 52.1 Å². The van der Waals surface area contributed by atoms with Gasteiger partial charge in [-0.2, -0.15) is 0 Å². The molecule has 0 unspecified atom stereocenters. The first kappa shape index (κ1) is 11.9. The molecule has 1 aliphatic rings. The molecule has 0 radical (unpaired) electrons. The fourth-order valence-electron chi connectivity index (χ4n) is 2.02. The third kappa shape index (κ3) is 2.23. The number of aromatic nitrogens is 1.